The van der Waals surface area contributed by atoms with Gasteiger partial charge in [0.1, 0.15) is 6.04 Å². The van der Waals surface area contributed by atoms with Gasteiger partial charge in [-0.2, -0.15) is 0 Å². The van der Waals surface area contributed by atoms with Crippen molar-refractivity contribution in [2.45, 2.75) is 38.5 Å². The van der Waals surface area contributed by atoms with Crippen LogP contribution in [-0.2, 0) is 25.6 Å². The van der Waals surface area contributed by atoms with Gasteiger partial charge in [0.15, 0.2) is 6.10 Å². The summed E-state index contributed by atoms with van der Waals surface area (Å²) < 4.78 is 0. The predicted molar refractivity (Wildman–Crippen MR) is 143 cm³/mol. The van der Waals surface area contributed by atoms with Gasteiger partial charge in [0.05, 0.1) is 11.7 Å². The monoisotopic (exact) mass is 527 g/mol. The van der Waals surface area contributed by atoms with Crippen LogP contribution < -0.4 is 0 Å². The number of rotatable bonds is 8. The van der Waals surface area contributed by atoms with E-state index in [4.69, 9.17) is 0 Å². The molecule has 2 unspecified atom stereocenters. The quantitative estimate of drug-likeness (QED) is 0.464. The molecule has 0 fully saturated rings. The summed E-state index contributed by atoms with van der Waals surface area (Å²) in [4.78, 5) is 53.8. The normalized spacial score (nSPS) is 16.7. The Morgan fingerprint density at radius 2 is 1.41 bits per heavy atom. The van der Waals surface area contributed by atoms with Crippen LogP contribution in [0.15, 0.2) is 97.2 Å². The van der Waals surface area contributed by atoms with Gasteiger partial charge in [-0.15, -0.1) is 0 Å². The highest BCUT2D eigenvalue weighted by Crippen LogP contribution is 2.37. The third kappa shape index (κ3) is 5.73. The summed E-state index contributed by atoms with van der Waals surface area (Å²) in [6.45, 7) is 2.55. The zero-order valence-corrected chi connectivity index (χ0v) is 21.5. The van der Waals surface area contributed by atoms with Crippen LogP contribution in [0.2, 0.25) is 0 Å². The molecule has 3 atom stereocenters. The molecule has 0 saturated carbocycles. The second kappa shape index (κ2) is 11.7. The van der Waals surface area contributed by atoms with Crippen molar-refractivity contribution in [3.8, 4) is 0 Å². The number of carboxylic acids is 1. The molecule has 200 valence electrons. The van der Waals surface area contributed by atoms with Gasteiger partial charge in [-0.25, -0.2) is 14.8 Å². The lowest BCUT2D eigenvalue weighted by atomic mass is 9.98. The Kier molecular flexibility index (Phi) is 8.21. The smallest absolute Gasteiger partial charge is 0.334 e. The first kappa shape index (κ1) is 27.3. The summed E-state index contributed by atoms with van der Waals surface area (Å²) >= 11 is 0. The highest BCUT2D eigenvalue weighted by atomic mass is 16.4. The fourth-order valence-electron chi connectivity index (χ4n) is 4.73. The molecule has 39 heavy (non-hydrogen) atoms. The summed E-state index contributed by atoms with van der Waals surface area (Å²) in [7, 11) is 0. The van der Waals surface area contributed by atoms with Gasteiger partial charge in [-0.05, 0) is 17.5 Å². The van der Waals surface area contributed by atoms with E-state index in [2.05, 4.69) is 0 Å². The van der Waals surface area contributed by atoms with Crippen LogP contribution in [0.3, 0.4) is 0 Å². The van der Waals surface area contributed by atoms with Crippen molar-refractivity contribution in [1.82, 2.24) is 14.9 Å². The summed E-state index contributed by atoms with van der Waals surface area (Å²) in [5, 5.41) is 22.7. The van der Waals surface area contributed by atoms with Crippen molar-refractivity contribution in [2.75, 3.05) is 0 Å². The van der Waals surface area contributed by atoms with Crippen molar-refractivity contribution in [3.05, 3.63) is 114 Å². The lowest BCUT2D eigenvalue weighted by Gasteiger charge is -2.46. The maximum atomic E-state index is 14.4. The molecule has 1 heterocycles. The van der Waals surface area contributed by atoms with Gasteiger partial charge in [-0.1, -0.05) is 91.0 Å². The molecule has 0 bridgehead atoms. The fraction of sp³-hybridized carbons (Fsp3) is 0.200. The van der Waals surface area contributed by atoms with E-state index in [1.54, 1.807) is 91.0 Å². The molecular weight excluding hydrogens is 498 g/mol. The van der Waals surface area contributed by atoms with Gasteiger partial charge in [-0.3, -0.25) is 14.4 Å². The van der Waals surface area contributed by atoms with Crippen LogP contribution in [0.25, 0.3) is 5.70 Å². The number of benzene rings is 3. The summed E-state index contributed by atoms with van der Waals surface area (Å²) in [5.74, 6) is -3.24. The van der Waals surface area contributed by atoms with Gasteiger partial charge >= 0.3 is 5.97 Å². The first-order valence-electron chi connectivity index (χ1n) is 12.4. The number of carboxylic acid groups (broad SMARTS) is 1. The standard InChI is InChI=1S/C30H29N3O6/c1-20(34)31-19-26(23-14-8-4-9-15-23)33(29(37)27(31)24-16-10-5-11-17-24)32(21(2)35)25(28(36)30(38)39)18-22-12-6-3-7-13-22/h3-17,19,25,27-28,36H,18H2,1-2H3,(H,38,39)/t25-,27?,28?/m0/s1. The lowest BCUT2D eigenvalue weighted by Crippen LogP contribution is -2.62. The minimum absolute atomic E-state index is 0.0494. The van der Waals surface area contributed by atoms with E-state index in [1.807, 2.05) is 0 Å². The molecule has 3 aromatic carbocycles. The van der Waals surface area contributed by atoms with Crippen molar-refractivity contribution < 1.29 is 29.4 Å². The highest BCUT2D eigenvalue weighted by molar-refractivity contribution is 5.98. The Hall–Kier alpha value is -4.76. The number of hydrogen-bond donors (Lipinski definition) is 2. The topological polar surface area (TPSA) is 118 Å². The van der Waals surface area contributed by atoms with E-state index >= 15 is 0 Å². The molecule has 0 saturated heterocycles. The van der Waals surface area contributed by atoms with Crippen molar-refractivity contribution in [2.24, 2.45) is 0 Å². The Labute approximate surface area is 226 Å². The number of aliphatic hydroxyl groups excluding tert-OH is 1. The molecule has 9 heteroatoms. The van der Waals surface area contributed by atoms with Gasteiger partial charge in [0, 0.05) is 25.6 Å². The van der Waals surface area contributed by atoms with E-state index in [-0.39, 0.29) is 12.1 Å². The minimum atomic E-state index is -2.01. The molecule has 4 rings (SSSR count). The molecule has 0 radical (unpaired) electrons. The second-order valence-electron chi connectivity index (χ2n) is 9.17. The molecule has 9 nitrogen and oxygen atoms in total. The van der Waals surface area contributed by atoms with Crippen LogP contribution in [0.4, 0.5) is 0 Å². The average Bonchev–Trinajstić information content (AvgIpc) is 2.94. The molecule has 3 amide bonds. The lowest BCUT2D eigenvalue weighted by molar-refractivity contribution is -0.174. The molecule has 0 spiro atoms. The molecule has 3 aromatic rings. The average molecular weight is 528 g/mol. The van der Waals surface area contributed by atoms with E-state index in [9.17, 15) is 29.4 Å². The maximum Gasteiger partial charge on any atom is 0.334 e. The maximum absolute atomic E-state index is 14.4. The zero-order valence-electron chi connectivity index (χ0n) is 21.5. The predicted octanol–water partition coefficient (Wildman–Crippen LogP) is 3.24. The highest BCUT2D eigenvalue weighted by Gasteiger charge is 2.46. The SMILES string of the molecule is CC(=O)N1C=C(c2ccccc2)N(N(C(C)=O)[C@@H](Cc2ccccc2)C(O)C(=O)O)C(=O)C1c1ccccc1. The van der Waals surface area contributed by atoms with Gasteiger partial charge in [0.25, 0.3) is 5.91 Å². The molecule has 1 aliphatic rings. The number of carbonyl (C=O) groups is 4. The van der Waals surface area contributed by atoms with Crippen molar-refractivity contribution in [1.29, 1.82) is 0 Å². The third-order valence-corrected chi connectivity index (χ3v) is 6.52. The Balaban J connectivity index is 1.94. The van der Waals surface area contributed by atoms with E-state index in [1.165, 1.54) is 24.9 Å². The number of nitrogens with zero attached hydrogens (tertiary/aromatic N) is 3. The van der Waals surface area contributed by atoms with E-state index in [0.717, 1.165) is 10.0 Å². The van der Waals surface area contributed by atoms with Crippen LogP contribution in [-0.4, -0.2) is 61.0 Å². The Morgan fingerprint density at radius 1 is 0.872 bits per heavy atom. The van der Waals surface area contributed by atoms with Crippen LogP contribution in [0.1, 0.15) is 36.6 Å². The second-order valence-corrected chi connectivity index (χ2v) is 9.17. The van der Waals surface area contributed by atoms with Crippen LogP contribution in [0.5, 0.6) is 0 Å². The fourth-order valence-corrected chi connectivity index (χ4v) is 4.73. The third-order valence-electron chi connectivity index (χ3n) is 6.52. The number of aliphatic carboxylic acids is 1. The number of aliphatic hydroxyl groups is 1. The minimum Gasteiger partial charge on any atom is -0.479 e. The van der Waals surface area contributed by atoms with E-state index < -0.39 is 41.9 Å². The zero-order chi connectivity index (χ0) is 28.1. The van der Waals surface area contributed by atoms with Gasteiger partial charge in [0.2, 0.25) is 11.8 Å². The Morgan fingerprint density at radius 3 is 1.92 bits per heavy atom. The van der Waals surface area contributed by atoms with Crippen LogP contribution in [0, 0.1) is 0 Å². The van der Waals surface area contributed by atoms with Crippen molar-refractivity contribution >= 4 is 29.4 Å². The largest absolute Gasteiger partial charge is 0.479 e. The molecule has 2 N–H and O–H groups in total. The summed E-state index contributed by atoms with van der Waals surface area (Å²) in [6, 6.07) is 23.7. The summed E-state index contributed by atoms with van der Waals surface area (Å²) in [6.07, 6.45) is -0.578. The summed E-state index contributed by atoms with van der Waals surface area (Å²) in [5.41, 5.74) is 1.87. The molecular formula is C30H29N3O6. The number of amides is 3. The van der Waals surface area contributed by atoms with E-state index in [0.29, 0.717) is 16.7 Å². The van der Waals surface area contributed by atoms with Crippen molar-refractivity contribution in [3.63, 3.8) is 0 Å². The Bertz CT molecular complexity index is 1380. The van der Waals surface area contributed by atoms with Gasteiger partial charge < -0.3 is 15.1 Å². The molecule has 1 aliphatic heterocycles. The first-order valence-corrected chi connectivity index (χ1v) is 12.4. The number of carbonyl (C=O) groups excluding carboxylic acids is 3. The first-order chi connectivity index (χ1) is 18.7. The number of hydrazine groups is 1. The molecule has 0 aromatic heterocycles. The molecule has 0 aliphatic carbocycles. The van der Waals surface area contributed by atoms with Crippen LogP contribution >= 0.6 is 0 Å². The number of hydrogen-bond acceptors (Lipinski definition) is 5.